The van der Waals surface area contributed by atoms with Gasteiger partial charge in [-0.2, -0.15) is 0 Å². The molecule has 5 nitrogen and oxygen atoms in total. The molecule has 0 saturated heterocycles. The summed E-state index contributed by atoms with van der Waals surface area (Å²) in [5, 5.41) is 15.4. The molecule has 1 atom stereocenters. The molecule has 35 heavy (non-hydrogen) atoms. The summed E-state index contributed by atoms with van der Waals surface area (Å²) in [6, 6.07) is 27.1. The van der Waals surface area contributed by atoms with E-state index < -0.39 is 0 Å². The molecule has 1 unspecified atom stereocenters. The van der Waals surface area contributed by atoms with Crippen molar-refractivity contribution >= 4 is 45.6 Å². The Balaban J connectivity index is 1.81. The third-order valence-electron chi connectivity index (χ3n) is 5.91. The van der Waals surface area contributed by atoms with E-state index in [0.29, 0.717) is 10.0 Å². The lowest BCUT2D eigenvalue weighted by atomic mass is 10.1. The van der Waals surface area contributed by atoms with Gasteiger partial charge in [0.25, 0.3) is 0 Å². The second-order valence-electron chi connectivity index (χ2n) is 8.28. The Morgan fingerprint density at radius 1 is 0.943 bits per heavy atom. The number of rotatable bonds is 6. The van der Waals surface area contributed by atoms with E-state index in [-0.39, 0.29) is 12.6 Å². The number of para-hydroxylation sites is 2. The zero-order valence-electron chi connectivity index (χ0n) is 19.1. The molecular formula is C28H24Cl2N4O. The highest BCUT2D eigenvalue weighted by atomic mass is 35.5. The number of anilines is 2. The number of benzene rings is 4. The topological polar surface area (TPSA) is 62.4 Å². The minimum absolute atomic E-state index is 0.0257. The molecule has 0 aromatic heterocycles. The summed E-state index contributed by atoms with van der Waals surface area (Å²) in [4.78, 5) is 9.85. The van der Waals surface area contributed by atoms with E-state index >= 15 is 0 Å². The number of aliphatic hydroxyl groups is 1. The summed E-state index contributed by atoms with van der Waals surface area (Å²) in [6.45, 7) is 1.99. The number of hydrogen-bond donors (Lipinski definition) is 2. The maximum Gasteiger partial charge on any atom is 0.0900 e. The van der Waals surface area contributed by atoms with Gasteiger partial charge in [0.1, 0.15) is 0 Å². The van der Waals surface area contributed by atoms with Crippen LogP contribution in [0.25, 0.3) is 28.1 Å². The molecule has 0 spiro atoms. The van der Waals surface area contributed by atoms with Gasteiger partial charge in [0, 0.05) is 21.4 Å². The van der Waals surface area contributed by atoms with Crippen molar-refractivity contribution in [2.45, 2.75) is 19.4 Å². The zero-order chi connectivity index (χ0) is 24.4. The summed E-state index contributed by atoms with van der Waals surface area (Å²) in [6.07, 6.45) is 0.724. The van der Waals surface area contributed by atoms with Crippen LogP contribution < -0.4 is 10.7 Å². The van der Waals surface area contributed by atoms with Crippen molar-refractivity contribution in [3.63, 3.8) is 0 Å². The maximum absolute atomic E-state index is 9.85. The van der Waals surface area contributed by atoms with E-state index in [0.717, 1.165) is 51.3 Å². The fourth-order valence-electron chi connectivity index (χ4n) is 4.06. The maximum atomic E-state index is 9.85. The van der Waals surface area contributed by atoms with Crippen LogP contribution in [0.15, 0.2) is 89.9 Å². The molecule has 1 aliphatic carbocycles. The molecule has 3 aromatic rings. The minimum Gasteiger partial charge on any atom is -0.394 e. The summed E-state index contributed by atoms with van der Waals surface area (Å²) < 4.78 is 2.17. The van der Waals surface area contributed by atoms with E-state index in [1.807, 2.05) is 85.8 Å². The van der Waals surface area contributed by atoms with Crippen molar-refractivity contribution in [3.05, 3.63) is 100 Å². The van der Waals surface area contributed by atoms with Gasteiger partial charge in [-0.3, -0.25) is 4.99 Å². The molecule has 0 bridgehead atoms. The average Bonchev–Trinajstić information content (AvgIpc) is 2.88. The number of nitrogens with one attached hydrogen (secondary N) is 1. The molecule has 3 aromatic carbocycles. The van der Waals surface area contributed by atoms with Gasteiger partial charge >= 0.3 is 0 Å². The molecule has 1 aliphatic heterocycles. The van der Waals surface area contributed by atoms with E-state index in [9.17, 15) is 5.11 Å². The van der Waals surface area contributed by atoms with Gasteiger partial charge in [-0.1, -0.05) is 42.3 Å². The second-order valence-corrected chi connectivity index (χ2v) is 9.15. The molecule has 5 rings (SSSR count). The van der Waals surface area contributed by atoms with Gasteiger partial charge in [0.15, 0.2) is 0 Å². The SMILES string of the molecule is CCC(CO)N=c1cc2n(-c3ccc(Cl)cc3)c3ccccc3nc-2cc1Nc1ccc(Cl)cc1. The number of hydrogen-bond acceptors (Lipinski definition) is 4. The Labute approximate surface area is 213 Å². The van der Waals surface area contributed by atoms with Crippen molar-refractivity contribution in [1.29, 1.82) is 0 Å². The average molecular weight is 503 g/mol. The fourth-order valence-corrected chi connectivity index (χ4v) is 4.32. The lowest BCUT2D eigenvalue weighted by molar-refractivity contribution is 0.262. The first-order valence-electron chi connectivity index (χ1n) is 11.4. The van der Waals surface area contributed by atoms with Gasteiger partial charge in [-0.05, 0) is 79.2 Å². The van der Waals surface area contributed by atoms with E-state index in [2.05, 4.69) is 16.0 Å². The predicted octanol–water partition coefficient (Wildman–Crippen LogP) is 6.85. The molecular weight excluding hydrogens is 479 g/mol. The zero-order valence-corrected chi connectivity index (χ0v) is 20.6. The molecule has 176 valence electrons. The summed E-state index contributed by atoms with van der Waals surface area (Å²) >= 11 is 12.3. The van der Waals surface area contributed by atoms with Crippen LogP contribution in [0.2, 0.25) is 10.0 Å². The summed E-state index contributed by atoms with van der Waals surface area (Å²) in [5.74, 6) is 0. The molecule has 2 aliphatic rings. The third-order valence-corrected chi connectivity index (χ3v) is 6.41. The van der Waals surface area contributed by atoms with Crippen molar-refractivity contribution in [2.75, 3.05) is 11.9 Å². The third kappa shape index (κ3) is 4.89. The van der Waals surface area contributed by atoms with Gasteiger partial charge in [0.05, 0.1) is 46.1 Å². The van der Waals surface area contributed by atoms with Crippen LogP contribution >= 0.6 is 23.2 Å². The first-order valence-corrected chi connectivity index (χ1v) is 12.2. The van der Waals surface area contributed by atoms with Crippen LogP contribution in [0.1, 0.15) is 13.3 Å². The molecule has 0 fully saturated rings. The molecule has 2 N–H and O–H groups in total. The van der Waals surface area contributed by atoms with E-state index in [1.165, 1.54) is 0 Å². The second kappa shape index (κ2) is 10.1. The summed E-state index contributed by atoms with van der Waals surface area (Å²) in [7, 11) is 0. The van der Waals surface area contributed by atoms with Crippen LogP contribution in [0.3, 0.4) is 0 Å². The smallest absolute Gasteiger partial charge is 0.0900 e. The lowest BCUT2D eigenvalue weighted by Crippen LogP contribution is -2.19. The molecule has 7 heteroatoms. The monoisotopic (exact) mass is 502 g/mol. The number of nitrogens with zero attached hydrogens (tertiary/aromatic N) is 3. The number of fused-ring (bicyclic) bond motifs is 2. The number of halogens is 2. The predicted molar refractivity (Wildman–Crippen MR) is 144 cm³/mol. The van der Waals surface area contributed by atoms with Gasteiger partial charge in [-0.15, -0.1) is 0 Å². The minimum atomic E-state index is -0.212. The van der Waals surface area contributed by atoms with Crippen molar-refractivity contribution in [2.24, 2.45) is 4.99 Å². The van der Waals surface area contributed by atoms with Gasteiger partial charge < -0.3 is 15.0 Å². The van der Waals surface area contributed by atoms with Crippen molar-refractivity contribution in [1.82, 2.24) is 9.55 Å². The Morgan fingerprint density at radius 2 is 1.63 bits per heavy atom. The van der Waals surface area contributed by atoms with Crippen LogP contribution in [0.4, 0.5) is 11.4 Å². The highest BCUT2D eigenvalue weighted by Gasteiger charge is 2.17. The molecule has 0 radical (unpaired) electrons. The van der Waals surface area contributed by atoms with Gasteiger partial charge in [0.2, 0.25) is 0 Å². The Kier molecular flexibility index (Phi) is 6.73. The van der Waals surface area contributed by atoms with E-state index in [1.54, 1.807) is 0 Å². The van der Waals surface area contributed by atoms with Crippen molar-refractivity contribution < 1.29 is 5.11 Å². The quantitative estimate of drug-likeness (QED) is 0.249. The lowest BCUT2D eigenvalue weighted by Gasteiger charge is -2.20. The Morgan fingerprint density at radius 3 is 2.31 bits per heavy atom. The number of aliphatic hydroxyl groups excluding tert-OH is 1. The van der Waals surface area contributed by atoms with Crippen LogP contribution in [-0.4, -0.2) is 27.3 Å². The number of aromatic nitrogens is 2. The van der Waals surface area contributed by atoms with Crippen LogP contribution in [-0.2, 0) is 0 Å². The van der Waals surface area contributed by atoms with Gasteiger partial charge in [-0.25, -0.2) is 4.98 Å². The largest absolute Gasteiger partial charge is 0.394 e. The molecule has 1 heterocycles. The first-order chi connectivity index (χ1) is 17.1. The molecule has 0 saturated carbocycles. The molecule has 0 amide bonds. The summed E-state index contributed by atoms with van der Waals surface area (Å²) in [5.41, 5.74) is 6.22. The van der Waals surface area contributed by atoms with Crippen LogP contribution in [0.5, 0.6) is 0 Å². The highest BCUT2D eigenvalue weighted by molar-refractivity contribution is 6.30. The van der Waals surface area contributed by atoms with Crippen molar-refractivity contribution in [3.8, 4) is 17.1 Å². The normalized spacial score (nSPS) is 12.9. The Bertz CT molecular complexity index is 1510. The highest BCUT2D eigenvalue weighted by Crippen LogP contribution is 2.31. The van der Waals surface area contributed by atoms with Crippen LogP contribution in [0, 0.1) is 0 Å². The van der Waals surface area contributed by atoms with E-state index in [4.69, 9.17) is 33.2 Å². The standard InChI is InChI=1S/C28H24Cl2N4O/c1-2-20(17-35)31-25-16-28-26(15-24(25)32-21-11-7-18(29)8-12-21)33-23-5-3-4-6-27(23)34(28)22-13-9-19(30)10-14-22/h3-16,20,32,35H,2,17H2,1H3. The Hall–Kier alpha value is -3.38. The first kappa shape index (κ1) is 23.4. The fraction of sp³-hybridized carbons (Fsp3) is 0.143.